The molecule has 1 atom stereocenters. The molecule has 1 heterocycles. The van der Waals surface area contributed by atoms with Crippen LogP contribution in [-0.2, 0) is 11.3 Å². The van der Waals surface area contributed by atoms with E-state index in [4.69, 9.17) is 10.00 Å². The highest BCUT2D eigenvalue weighted by Gasteiger charge is 2.19. The Bertz CT molecular complexity index is 616. The second kappa shape index (κ2) is 6.66. The van der Waals surface area contributed by atoms with Crippen LogP contribution in [0.25, 0.3) is 0 Å². The number of aliphatic hydroxyl groups is 1. The van der Waals surface area contributed by atoms with E-state index >= 15 is 0 Å². The molecule has 2 aromatic rings. The first kappa shape index (κ1) is 14.7. The van der Waals surface area contributed by atoms with E-state index in [1.165, 1.54) is 0 Å². The highest BCUT2D eigenvalue weighted by atomic mass is 79.9. The zero-order valence-corrected chi connectivity index (χ0v) is 12.5. The molecule has 0 aliphatic rings. The molecule has 0 amide bonds. The summed E-state index contributed by atoms with van der Waals surface area (Å²) in [4.78, 5) is 0. The summed E-state index contributed by atoms with van der Waals surface area (Å²) in [6.45, 7) is 1.08. The van der Waals surface area contributed by atoms with Gasteiger partial charge in [-0.25, -0.2) is 0 Å². The van der Waals surface area contributed by atoms with Crippen molar-refractivity contribution in [3.63, 3.8) is 0 Å². The molecule has 5 nitrogen and oxygen atoms in total. The minimum Gasteiger partial charge on any atom is -0.383 e. The summed E-state index contributed by atoms with van der Waals surface area (Å²) < 4.78 is 7.48. The van der Waals surface area contributed by atoms with E-state index < -0.39 is 6.10 Å². The fourth-order valence-electron chi connectivity index (χ4n) is 1.90. The molecule has 0 spiro atoms. The number of rotatable bonds is 5. The lowest BCUT2D eigenvalue weighted by atomic mass is 10.0. The molecule has 1 N–H and O–H groups in total. The van der Waals surface area contributed by atoms with Crippen LogP contribution >= 0.6 is 15.9 Å². The van der Waals surface area contributed by atoms with Gasteiger partial charge in [-0.15, -0.1) is 0 Å². The van der Waals surface area contributed by atoms with Crippen LogP contribution in [-0.4, -0.2) is 28.6 Å². The number of nitrogens with zero attached hydrogens (tertiary/aromatic N) is 3. The summed E-state index contributed by atoms with van der Waals surface area (Å²) in [5.41, 5.74) is 1.95. The molecule has 0 saturated heterocycles. The molecule has 0 fully saturated rings. The number of nitriles is 1. The highest BCUT2D eigenvalue weighted by Crippen LogP contribution is 2.28. The van der Waals surface area contributed by atoms with Gasteiger partial charge in [-0.1, -0.05) is 12.1 Å². The molecular weight excluding hydrogens is 322 g/mol. The predicted molar refractivity (Wildman–Crippen MR) is 77.0 cm³/mol. The van der Waals surface area contributed by atoms with Crippen LogP contribution in [0.2, 0.25) is 0 Å². The normalized spacial score (nSPS) is 12.1. The van der Waals surface area contributed by atoms with Crippen molar-refractivity contribution in [2.45, 2.75) is 12.6 Å². The van der Waals surface area contributed by atoms with Crippen LogP contribution in [0, 0.1) is 11.3 Å². The zero-order valence-electron chi connectivity index (χ0n) is 11.0. The minimum absolute atomic E-state index is 0.515. The van der Waals surface area contributed by atoms with Crippen LogP contribution in [0.15, 0.2) is 34.9 Å². The highest BCUT2D eigenvalue weighted by molar-refractivity contribution is 9.10. The van der Waals surface area contributed by atoms with Crippen molar-refractivity contribution in [1.29, 1.82) is 5.26 Å². The predicted octanol–water partition coefficient (Wildman–Crippen LogP) is 2.25. The van der Waals surface area contributed by atoms with Crippen LogP contribution in [0.3, 0.4) is 0 Å². The third-order valence-corrected chi connectivity index (χ3v) is 3.57. The van der Waals surface area contributed by atoms with Crippen molar-refractivity contribution in [3.05, 3.63) is 51.8 Å². The maximum absolute atomic E-state index is 10.5. The quantitative estimate of drug-likeness (QED) is 0.909. The van der Waals surface area contributed by atoms with Crippen molar-refractivity contribution >= 4 is 15.9 Å². The van der Waals surface area contributed by atoms with E-state index in [0.29, 0.717) is 30.0 Å². The summed E-state index contributed by atoms with van der Waals surface area (Å²) in [6.07, 6.45) is 0.842. The van der Waals surface area contributed by atoms with Crippen molar-refractivity contribution < 1.29 is 9.84 Å². The molecule has 0 bridgehead atoms. The molecule has 20 heavy (non-hydrogen) atoms. The Morgan fingerprint density at radius 3 is 2.75 bits per heavy atom. The van der Waals surface area contributed by atoms with Crippen molar-refractivity contribution in [2.24, 2.45) is 0 Å². The first-order valence-electron chi connectivity index (χ1n) is 6.05. The maximum Gasteiger partial charge on any atom is 0.122 e. The smallest absolute Gasteiger partial charge is 0.122 e. The average molecular weight is 336 g/mol. The Labute approximate surface area is 125 Å². The molecule has 104 valence electrons. The molecule has 2 rings (SSSR count). The van der Waals surface area contributed by atoms with Gasteiger partial charge in [-0.2, -0.15) is 10.4 Å². The third-order valence-electron chi connectivity index (χ3n) is 2.95. The zero-order chi connectivity index (χ0) is 14.5. The number of ether oxygens (including phenoxy) is 1. The molecule has 1 aromatic heterocycles. The Hall–Kier alpha value is -1.68. The molecular formula is C14H14BrN3O2. The third kappa shape index (κ3) is 3.07. The van der Waals surface area contributed by atoms with E-state index in [9.17, 15) is 5.11 Å². The maximum atomic E-state index is 10.5. The summed E-state index contributed by atoms with van der Waals surface area (Å²) in [7, 11) is 1.62. The lowest BCUT2D eigenvalue weighted by Crippen LogP contribution is -2.13. The number of methoxy groups -OCH3 is 1. The van der Waals surface area contributed by atoms with Gasteiger partial charge in [0, 0.05) is 7.11 Å². The Kier molecular flexibility index (Phi) is 4.90. The van der Waals surface area contributed by atoms with Crippen LogP contribution in [0.1, 0.15) is 22.9 Å². The largest absolute Gasteiger partial charge is 0.383 e. The minimum atomic E-state index is -0.809. The monoisotopic (exact) mass is 335 g/mol. The van der Waals surface area contributed by atoms with Crippen molar-refractivity contribution in [1.82, 2.24) is 9.78 Å². The van der Waals surface area contributed by atoms with Gasteiger partial charge < -0.3 is 9.84 Å². The molecule has 0 radical (unpaired) electrons. The SMILES string of the molecule is COCCn1ncc(Br)c1C(O)c1ccc(C#N)cc1. The van der Waals surface area contributed by atoms with Gasteiger partial charge in [0.15, 0.2) is 0 Å². The van der Waals surface area contributed by atoms with Crippen molar-refractivity contribution in [3.8, 4) is 6.07 Å². The molecule has 1 unspecified atom stereocenters. The van der Waals surface area contributed by atoms with Gasteiger partial charge in [-0.3, -0.25) is 4.68 Å². The first-order chi connectivity index (χ1) is 9.67. The first-order valence-corrected chi connectivity index (χ1v) is 6.85. The van der Waals surface area contributed by atoms with E-state index in [0.717, 1.165) is 4.47 Å². The summed E-state index contributed by atoms with van der Waals surface area (Å²) in [6, 6.07) is 8.90. The second-order valence-electron chi connectivity index (χ2n) is 4.23. The van der Waals surface area contributed by atoms with Crippen LogP contribution in [0.4, 0.5) is 0 Å². The molecule has 0 saturated carbocycles. The summed E-state index contributed by atoms with van der Waals surface area (Å²) >= 11 is 3.40. The van der Waals surface area contributed by atoms with Gasteiger partial charge in [0.2, 0.25) is 0 Å². The summed E-state index contributed by atoms with van der Waals surface area (Å²) in [5.74, 6) is 0. The second-order valence-corrected chi connectivity index (χ2v) is 5.08. The number of aliphatic hydroxyl groups excluding tert-OH is 1. The topological polar surface area (TPSA) is 71.1 Å². The Morgan fingerprint density at radius 1 is 1.45 bits per heavy atom. The molecule has 6 heteroatoms. The van der Waals surface area contributed by atoms with E-state index in [2.05, 4.69) is 27.1 Å². The van der Waals surface area contributed by atoms with Crippen LogP contribution < -0.4 is 0 Å². The molecule has 1 aromatic carbocycles. The van der Waals surface area contributed by atoms with Crippen molar-refractivity contribution in [2.75, 3.05) is 13.7 Å². The van der Waals surface area contributed by atoms with Crippen LogP contribution in [0.5, 0.6) is 0 Å². The van der Waals surface area contributed by atoms with E-state index in [1.54, 1.807) is 42.3 Å². The lowest BCUT2D eigenvalue weighted by molar-refractivity contribution is 0.171. The van der Waals surface area contributed by atoms with Gasteiger partial charge >= 0.3 is 0 Å². The standard InChI is InChI=1S/C14H14BrN3O2/c1-20-7-6-18-13(12(15)9-17-18)14(19)11-4-2-10(8-16)3-5-11/h2-5,9,14,19H,6-7H2,1H3. The van der Waals surface area contributed by atoms with Gasteiger partial charge in [0.25, 0.3) is 0 Å². The van der Waals surface area contributed by atoms with E-state index in [1.807, 2.05) is 0 Å². The summed E-state index contributed by atoms with van der Waals surface area (Å²) in [5, 5.41) is 23.5. The number of hydrogen-bond donors (Lipinski definition) is 1. The molecule has 0 aliphatic carbocycles. The number of halogens is 1. The number of benzene rings is 1. The van der Waals surface area contributed by atoms with Gasteiger partial charge in [0.05, 0.1) is 41.1 Å². The Balaban J connectivity index is 2.29. The number of hydrogen-bond acceptors (Lipinski definition) is 4. The fourth-order valence-corrected chi connectivity index (χ4v) is 2.41. The van der Waals surface area contributed by atoms with Gasteiger partial charge in [0.1, 0.15) is 6.10 Å². The number of aromatic nitrogens is 2. The fraction of sp³-hybridized carbons (Fsp3) is 0.286. The van der Waals surface area contributed by atoms with E-state index in [-0.39, 0.29) is 0 Å². The average Bonchev–Trinajstić information content (AvgIpc) is 2.85. The van der Waals surface area contributed by atoms with Gasteiger partial charge in [-0.05, 0) is 33.6 Å². The lowest BCUT2D eigenvalue weighted by Gasteiger charge is -2.14. The Morgan fingerprint density at radius 2 is 2.15 bits per heavy atom. The molecule has 0 aliphatic heterocycles.